The van der Waals surface area contributed by atoms with Crippen molar-refractivity contribution in [2.75, 3.05) is 0 Å². The maximum atomic E-state index is 10.1. The van der Waals surface area contributed by atoms with Gasteiger partial charge in [0.2, 0.25) is 0 Å². The Labute approximate surface area is 153 Å². The Kier molecular flexibility index (Phi) is 11.4. The van der Waals surface area contributed by atoms with Crippen LogP contribution in [-0.4, -0.2) is 22.2 Å². The molecule has 0 bridgehead atoms. The number of carbonyl (C=O) groups is 2. The number of carboxylic acids is 2. The van der Waals surface area contributed by atoms with Crippen LogP contribution in [0.25, 0.3) is 0 Å². The van der Waals surface area contributed by atoms with Gasteiger partial charge < -0.3 is 30.0 Å². The fourth-order valence-electron chi connectivity index (χ4n) is 1.54. The van der Waals surface area contributed by atoms with Crippen LogP contribution in [-0.2, 0) is 37.1 Å². The van der Waals surface area contributed by atoms with E-state index in [1.54, 1.807) is 36.4 Å². The molecule has 0 fully saturated rings. The van der Waals surface area contributed by atoms with Gasteiger partial charge in [0.05, 0.1) is 11.9 Å². The summed E-state index contributed by atoms with van der Waals surface area (Å²) in [4.78, 5) is 20.3. The molecule has 2 N–H and O–H groups in total. The third-order valence-corrected chi connectivity index (χ3v) is 2.68. The van der Waals surface area contributed by atoms with Crippen LogP contribution in [0.3, 0.4) is 0 Å². The molecule has 0 saturated carbocycles. The summed E-state index contributed by atoms with van der Waals surface area (Å²) >= 11 is 0.300. The second kappa shape index (κ2) is 12.4. The Morgan fingerprint density at radius 3 is 1.17 bits per heavy atom. The molecular weight excluding hydrogens is 395 g/mol. The molecule has 2 aromatic rings. The Hall–Kier alpha value is -2.02. The van der Waals surface area contributed by atoms with Crippen molar-refractivity contribution in [1.82, 2.24) is 0 Å². The van der Waals surface area contributed by atoms with Crippen molar-refractivity contribution >= 4 is 11.9 Å². The van der Waals surface area contributed by atoms with Crippen molar-refractivity contribution in [2.45, 2.75) is 12.2 Å². The minimum absolute atomic E-state index is 0.300. The molecule has 24 heavy (non-hydrogen) atoms. The van der Waals surface area contributed by atoms with E-state index in [-0.39, 0.29) is 0 Å². The van der Waals surface area contributed by atoms with Gasteiger partial charge in [0.15, 0.2) is 0 Å². The average Bonchev–Trinajstić information content (AvgIpc) is 2.64. The quantitative estimate of drug-likeness (QED) is 0.648. The molecule has 2 rings (SSSR count). The summed E-state index contributed by atoms with van der Waals surface area (Å²) in [5, 5.41) is 38.1. The number of hydrogen-bond acceptors (Lipinski definition) is 7. The van der Waals surface area contributed by atoms with Gasteiger partial charge in [-0.1, -0.05) is 60.7 Å². The fraction of sp³-hybridized carbons (Fsp3) is 0.125. The zero-order chi connectivity index (χ0) is 18.5. The van der Waals surface area contributed by atoms with Gasteiger partial charge in [0, 0.05) is 0 Å². The van der Waals surface area contributed by atoms with Crippen LogP contribution < -0.4 is 10.2 Å². The Morgan fingerprint density at radius 1 is 0.708 bits per heavy atom. The van der Waals surface area contributed by atoms with Crippen molar-refractivity contribution in [2.24, 2.45) is 0 Å². The van der Waals surface area contributed by atoms with Crippen LogP contribution in [0.15, 0.2) is 60.7 Å². The number of rotatable bonds is 4. The summed E-state index contributed by atoms with van der Waals surface area (Å²) in [7, 11) is 0. The van der Waals surface area contributed by atoms with Crippen LogP contribution in [0.4, 0.5) is 0 Å². The predicted octanol–water partition coefficient (Wildman–Crippen LogP) is -1.18. The molecule has 0 aliphatic heterocycles. The normalized spacial score (nSPS) is 11.7. The molecule has 0 aliphatic carbocycles. The van der Waals surface area contributed by atoms with Crippen molar-refractivity contribution < 1.29 is 57.6 Å². The Balaban J connectivity index is 0.000000400. The summed E-state index contributed by atoms with van der Waals surface area (Å²) in [5.41, 5.74) is 0.681. The third-order valence-electron chi connectivity index (χ3n) is 2.68. The van der Waals surface area contributed by atoms with E-state index in [1.165, 1.54) is 24.3 Å². The molecule has 0 aromatic heterocycles. The van der Waals surface area contributed by atoms with Crippen LogP contribution in [0.2, 0.25) is 0 Å². The number of carboxylic acid groups (broad SMARTS) is 2. The number of hydrogen-bond donors (Lipinski definition) is 2. The van der Waals surface area contributed by atoms with Crippen LogP contribution in [0.1, 0.15) is 23.3 Å². The molecule has 7 nitrogen and oxygen atoms in total. The van der Waals surface area contributed by atoms with E-state index in [1.807, 2.05) is 0 Å². The van der Waals surface area contributed by atoms with Gasteiger partial charge in [-0.15, -0.1) is 0 Å². The molecule has 2 aromatic carbocycles. The van der Waals surface area contributed by atoms with Gasteiger partial charge >= 0.3 is 27.5 Å². The molecule has 0 heterocycles. The van der Waals surface area contributed by atoms with Crippen LogP contribution in [0, 0.1) is 0 Å². The van der Waals surface area contributed by atoms with E-state index in [2.05, 4.69) is 0 Å². The van der Waals surface area contributed by atoms with Crippen molar-refractivity contribution in [1.29, 1.82) is 0 Å². The van der Waals surface area contributed by atoms with Gasteiger partial charge in [-0.05, 0) is 11.1 Å². The number of benzene rings is 2. The van der Waals surface area contributed by atoms with Crippen molar-refractivity contribution in [3.05, 3.63) is 71.8 Å². The Morgan fingerprint density at radius 2 is 0.958 bits per heavy atom. The molecule has 2 unspecified atom stereocenters. The van der Waals surface area contributed by atoms with E-state index in [4.69, 9.17) is 13.0 Å². The number of aliphatic carboxylic acids is 2. The molecule has 2 atom stereocenters. The molecule has 0 amide bonds. The second-order valence-electron chi connectivity index (χ2n) is 4.26. The number of aliphatic hydroxyl groups excluding tert-OH is 2. The van der Waals surface area contributed by atoms with E-state index in [9.17, 15) is 19.8 Å². The summed E-state index contributed by atoms with van der Waals surface area (Å²) < 4.78 is 8.34. The van der Waals surface area contributed by atoms with Gasteiger partial charge in [-0.25, -0.2) is 0 Å². The first-order chi connectivity index (χ1) is 11.4. The molecule has 0 aliphatic rings. The topological polar surface area (TPSA) is 138 Å². The molecular formula is C16H14O7Zr. The standard InChI is InChI=1S/2C8H8O3.O.Zr/c2*9-7(8(10)11)6-4-2-1-3-5-6;;/h2*1-5,7,9H,(H,10,11);;/q;;;+2/p-2. The number of aliphatic hydroxyl groups is 2. The fourth-order valence-corrected chi connectivity index (χ4v) is 1.54. The maximum absolute atomic E-state index is 10.1. The number of carbonyl (C=O) groups excluding carboxylic acids is 2. The van der Waals surface area contributed by atoms with Gasteiger partial charge in [0.25, 0.3) is 0 Å². The summed E-state index contributed by atoms with van der Waals surface area (Å²) in [6.07, 6.45) is -3.03. The summed E-state index contributed by atoms with van der Waals surface area (Å²) in [5.74, 6) is -2.95. The van der Waals surface area contributed by atoms with E-state index in [0.29, 0.717) is 35.9 Å². The van der Waals surface area contributed by atoms with Gasteiger partial charge in [0.1, 0.15) is 12.2 Å². The monoisotopic (exact) mass is 408 g/mol. The average molecular weight is 410 g/mol. The van der Waals surface area contributed by atoms with Crippen molar-refractivity contribution in [3.63, 3.8) is 0 Å². The third kappa shape index (κ3) is 8.01. The zero-order valence-corrected chi connectivity index (χ0v) is 14.8. The molecule has 0 radical (unpaired) electrons. The van der Waals surface area contributed by atoms with Gasteiger partial charge in [-0.2, -0.15) is 0 Å². The second-order valence-corrected chi connectivity index (χ2v) is 4.26. The van der Waals surface area contributed by atoms with Gasteiger partial charge in [-0.3, -0.25) is 0 Å². The van der Waals surface area contributed by atoms with Crippen LogP contribution in [0.5, 0.6) is 0 Å². The van der Waals surface area contributed by atoms with Crippen LogP contribution >= 0.6 is 0 Å². The summed E-state index contributed by atoms with van der Waals surface area (Å²) in [6.45, 7) is 0. The van der Waals surface area contributed by atoms with E-state index >= 15 is 0 Å². The molecule has 124 valence electrons. The van der Waals surface area contributed by atoms with E-state index < -0.39 is 24.1 Å². The molecule has 0 spiro atoms. The molecule has 0 saturated heterocycles. The first-order valence-corrected chi connectivity index (χ1v) is 7.52. The van der Waals surface area contributed by atoms with Crippen molar-refractivity contribution in [3.8, 4) is 0 Å². The predicted molar refractivity (Wildman–Crippen MR) is 73.5 cm³/mol. The first kappa shape index (κ1) is 22.0. The Bertz CT molecular complexity index is 563. The minimum atomic E-state index is -1.52. The first-order valence-electron chi connectivity index (χ1n) is 6.51. The zero-order valence-electron chi connectivity index (χ0n) is 12.4. The summed E-state index contributed by atoms with van der Waals surface area (Å²) in [6, 6.07) is 16.2. The SMILES string of the molecule is O=C([O-])C(O)c1ccccc1.O=C([O-])C(O)c1ccccc1.[O]=[Zr+2]. The molecule has 8 heteroatoms. The van der Waals surface area contributed by atoms with E-state index in [0.717, 1.165) is 0 Å².